The lowest BCUT2D eigenvalue weighted by Gasteiger charge is -2.04. The minimum atomic E-state index is -1.01. The summed E-state index contributed by atoms with van der Waals surface area (Å²) in [5.74, 6) is -1.01. The molecule has 0 saturated heterocycles. The number of hydrogen-bond acceptors (Lipinski definition) is 5. The Hall–Kier alpha value is -2.35. The minimum absolute atomic E-state index is 0.0100. The van der Waals surface area contributed by atoms with Gasteiger partial charge in [0.2, 0.25) is 0 Å². The lowest BCUT2D eigenvalue weighted by Crippen LogP contribution is -1.99. The van der Waals surface area contributed by atoms with Crippen LogP contribution in [0.2, 0.25) is 0 Å². The van der Waals surface area contributed by atoms with Crippen molar-refractivity contribution in [3.8, 4) is 0 Å². The van der Waals surface area contributed by atoms with Crippen molar-refractivity contribution in [2.24, 2.45) is 0 Å². The molecule has 21 heavy (non-hydrogen) atoms. The van der Waals surface area contributed by atoms with E-state index in [2.05, 4.69) is 5.10 Å². The first-order valence-electron chi connectivity index (χ1n) is 6.17. The second kappa shape index (κ2) is 5.96. The van der Waals surface area contributed by atoms with Crippen LogP contribution in [0.1, 0.15) is 23.0 Å². The lowest BCUT2D eigenvalue weighted by molar-refractivity contribution is -0.388. The Morgan fingerprint density at radius 3 is 2.52 bits per heavy atom. The smallest absolute Gasteiger partial charge is 0.335 e. The molecule has 0 radical (unpaired) electrons. The van der Waals surface area contributed by atoms with Crippen LogP contribution in [0.15, 0.2) is 34.2 Å². The molecule has 0 saturated carbocycles. The van der Waals surface area contributed by atoms with Crippen molar-refractivity contribution >= 4 is 23.4 Å². The number of benzene rings is 1. The molecule has 1 aromatic heterocycles. The largest absolute Gasteiger partial charge is 0.478 e. The molecule has 0 unspecified atom stereocenters. The highest BCUT2D eigenvalue weighted by atomic mass is 32.2. The Kier molecular flexibility index (Phi) is 4.27. The molecule has 1 N–H and O–H groups in total. The number of nitro groups is 1. The number of carboxylic acids is 1. The number of aryl methyl sites for hydroxylation is 2. The fraction of sp³-hybridized carbons (Fsp3) is 0.231. The van der Waals surface area contributed by atoms with E-state index in [1.54, 1.807) is 23.7 Å². The number of rotatable bonds is 5. The minimum Gasteiger partial charge on any atom is -0.478 e. The van der Waals surface area contributed by atoms with E-state index in [9.17, 15) is 14.9 Å². The van der Waals surface area contributed by atoms with E-state index < -0.39 is 10.9 Å². The van der Waals surface area contributed by atoms with Crippen molar-refractivity contribution in [3.63, 3.8) is 0 Å². The molecule has 0 aliphatic carbocycles. The third-order valence-corrected chi connectivity index (χ3v) is 3.95. The Morgan fingerprint density at radius 2 is 2.05 bits per heavy atom. The summed E-state index contributed by atoms with van der Waals surface area (Å²) in [4.78, 5) is 22.3. The predicted molar refractivity (Wildman–Crippen MR) is 76.8 cm³/mol. The summed E-state index contributed by atoms with van der Waals surface area (Å²) in [6.07, 6.45) is 0. The molecule has 2 rings (SSSR count). The van der Waals surface area contributed by atoms with Crippen LogP contribution < -0.4 is 0 Å². The molecule has 8 heteroatoms. The molecule has 0 aliphatic rings. The van der Waals surface area contributed by atoms with Crippen LogP contribution >= 0.6 is 11.8 Å². The maximum absolute atomic E-state index is 11.2. The van der Waals surface area contributed by atoms with Crippen molar-refractivity contribution in [2.45, 2.75) is 30.3 Å². The standard InChI is InChI=1S/C13H13N3O4S/c1-3-15-12(11(16(19)20)8(2)14-15)21-10-6-4-9(5-7-10)13(17)18/h4-7H,3H2,1-2H3,(H,17,18). The molecule has 1 heterocycles. The second-order valence-electron chi connectivity index (χ2n) is 4.24. The van der Waals surface area contributed by atoms with Gasteiger partial charge in [-0.1, -0.05) is 11.8 Å². The van der Waals surface area contributed by atoms with Crippen LogP contribution in [-0.2, 0) is 6.54 Å². The van der Waals surface area contributed by atoms with Crippen LogP contribution in [-0.4, -0.2) is 25.8 Å². The number of nitrogens with zero attached hydrogens (tertiary/aromatic N) is 3. The maximum atomic E-state index is 11.2. The van der Waals surface area contributed by atoms with Gasteiger partial charge in [-0.3, -0.25) is 14.8 Å². The van der Waals surface area contributed by atoms with Crippen LogP contribution in [0.4, 0.5) is 5.69 Å². The van der Waals surface area contributed by atoms with Crippen LogP contribution in [0.3, 0.4) is 0 Å². The molecule has 0 fully saturated rings. The Bertz CT molecular complexity index is 694. The Morgan fingerprint density at radius 1 is 1.43 bits per heavy atom. The van der Waals surface area contributed by atoms with E-state index in [0.717, 1.165) is 4.90 Å². The van der Waals surface area contributed by atoms with Gasteiger partial charge in [-0.25, -0.2) is 4.79 Å². The van der Waals surface area contributed by atoms with Gasteiger partial charge >= 0.3 is 11.7 Å². The summed E-state index contributed by atoms with van der Waals surface area (Å²) in [7, 11) is 0. The molecule has 7 nitrogen and oxygen atoms in total. The van der Waals surface area contributed by atoms with E-state index in [4.69, 9.17) is 5.11 Å². The fourth-order valence-corrected chi connectivity index (χ4v) is 2.94. The molecule has 110 valence electrons. The van der Waals surface area contributed by atoms with Crippen molar-refractivity contribution in [2.75, 3.05) is 0 Å². The normalized spacial score (nSPS) is 10.6. The monoisotopic (exact) mass is 307 g/mol. The summed E-state index contributed by atoms with van der Waals surface area (Å²) < 4.78 is 1.57. The molecular weight excluding hydrogens is 294 g/mol. The van der Waals surface area contributed by atoms with Gasteiger partial charge in [-0.15, -0.1) is 0 Å². The molecule has 1 aromatic carbocycles. The summed E-state index contributed by atoms with van der Waals surface area (Å²) in [6, 6.07) is 6.19. The highest BCUT2D eigenvalue weighted by molar-refractivity contribution is 7.99. The average molecular weight is 307 g/mol. The Balaban J connectivity index is 2.38. The van der Waals surface area contributed by atoms with Crippen LogP contribution in [0.25, 0.3) is 0 Å². The van der Waals surface area contributed by atoms with Gasteiger partial charge in [0.05, 0.1) is 10.5 Å². The van der Waals surface area contributed by atoms with E-state index in [1.807, 2.05) is 6.92 Å². The first-order valence-corrected chi connectivity index (χ1v) is 6.98. The third kappa shape index (κ3) is 3.05. The maximum Gasteiger partial charge on any atom is 0.335 e. The van der Waals surface area contributed by atoms with Crippen molar-refractivity contribution in [1.82, 2.24) is 9.78 Å². The Labute approximate surface area is 124 Å². The number of carbonyl (C=O) groups is 1. The summed E-state index contributed by atoms with van der Waals surface area (Å²) >= 11 is 1.20. The number of aromatic carboxylic acids is 1. The van der Waals surface area contributed by atoms with Gasteiger partial charge in [-0.2, -0.15) is 5.10 Å². The first kappa shape index (κ1) is 15.0. The molecular formula is C13H13N3O4S. The topological polar surface area (TPSA) is 98.3 Å². The highest BCUT2D eigenvalue weighted by Gasteiger charge is 2.25. The molecule has 0 bridgehead atoms. The molecule has 0 aliphatic heterocycles. The van der Waals surface area contributed by atoms with Gasteiger partial charge in [0, 0.05) is 11.4 Å². The van der Waals surface area contributed by atoms with E-state index >= 15 is 0 Å². The van der Waals surface area contributed by atoms with Gasteiger partial charge < -0.3 is 5.11 Å². The number of hydrogen-bond donors (Lipinski definition) is 1. The van der Waals surface area contributed by atoms with Crippen LogP contribution in [0.5, 0.6) is 0 Å². The highest BCUT2D eigenvalue weighted by Crippen LogP contribution is 2.36. The predicted octanol–water partition coefficient (Wildman–Crippen LogP) is 2.97. The molecule has 0 spiro atoms. The summed E-state index contributed by atoms with van der Waals surface area (Å²) in [6.45, 7) is 3.97. The molecule has 0 atom stereocenters. The number of aromatic nitrogens is 2. The molecule has 2 aromatic rings. The zero-order valence-electron chi connectivity index (χ0n) is 11.4. The van der Waals surface area contributed by atoms with E-state index in [1.165, 1.54) is 23.9 Å². The zero-order chi connectivity index (χ0) is 15.6. The van der Waals surface area contributed by atoms with Crippen molar-refractivity contribution in [3.05, 3.63) is 45.6 Å². The SMILES string of the molecule is CCn1nc(C)c([N+](=O)[O-])c1Sc1ccc(C(=O)O)cc1. The van der Waals surface area contributed by atoms with E-state index in [0.29, 0.717) is 17.3 Å². The molecule has 0 amide bonds. The second-order valence-corrected chi connectivity index (χ2v) is 5.31. The lowest BCUT2D eigenvalue weighted by atomic mass is 10.2. The quantitative estimate of drug-likeness (QED) is 0.673. The zero-order valence-corrected chi connectivity index (χ0v) is 12.3. The summed E-state index contributed by atoms with van der Waals surface area (Å²) in [5.41, 5.74) is 0.532. The third-order valence-electron chi connectivity index (χ3n) is 2.85. The van der Waals surface area contributed by atoms with E-state index in [-0.39, 0.29) is 11.3 Å². The van der Waals surface area contributed by atoms with Gasteiger partial charge in [0.25, 0.3) is 0 Å². The number of carboxylic acid groups (broad SMARTS) is 1. The van der Waals surface area contributed by atoms with Crippen LogP contribution in [0, 0.1) is 17.0 Å². The summed E-state index contributed by atoms with van der Waals surface area (Å²) in [5, 5.41) is 24.6. The average Bonchev–Trinajstić information content (AvgIpc) is 2.75. The first-order chi connectivity index (χ1) is 9.93. The van der Waals surface area contributed by atoms with Gasteiger partial charge in [-0.05, 0) is 38.1 Å². The fourth-order valence-electron chi connectivity index (χ4n) is 1.85. The van der Waals surface area contributed by atoms with Gasteiger partial charge in [0.1, 0.15) is 5.69 Å². The van der Waals surface area contributed by atoms with Crippen molar-refractivity contribution in [1.29, 1.82) is 0 Å². The van der Waals surface area contributed by atoms with Crippen molar-refractivity contribution < 1.29 is 14.8 Å². The van der Waals surface area contributed by atoms with Gasteiger partial charge in [0.15, 0.2) is 5.03 Å².